The first-order chi connectivity index (χ1) is 12.5. The second kappa shape index (κ2) is 8.14. The molecule has 26 heavy (non-hydrogen) atoms. The first-order valence-electron chi connectivity index (χ1n) is 9.09. The average molecular weight is 377 g/mol. The highest BCUT2D eigenvalue weighted by Crippen LogP contribution is 2.23. The molecule has 1 aliphatic rings. The fraction of sp³-hybridized carbons (Fsp3) is 0.556. The van der Waals surface area contributed by atoms with E-state index in [1.165, 1.54) is 4.80 Å². The summed E-state index contributed by atoms with van der Waals surface area (Å²) in [7, 11) is 0. The zero-order chi connectivity index (χ0) is 18.7. The molecule has 2 heterocycles. The quantitative estimate of drug-likeness (QED) is 0.865. The molecule has 1 aliphatic heterocycles. The lowest BCUT2D eigenvalue weighted by Crippen LogP contribution is -2.45. The SMILES string of the molecule is CCC(C(=O)N1CCC(C(C)N)CC1)n1nnc(-c2ccc(Cl)cc2)n1. The van der Waals surface area contributed by atoms with Gasteiger partial charge in [0.2, 0.25) is 11.7 Å². The van der Waals surface area contributed by atoms with Crippen LogP contribution < -0.4 is 5.73 Å². The Morgan fingerprint density at radius 2 is 1.96 bits per heavy atom. The fourth-order valence-corrected chi connectivity index (χ4v) is 3.49. The van der Waals surface area contributed by atoms with Crippen molar-refractivity contribution < 1.29 is 4.79 Å². The number of amides is 1. The molecule has 3 rings (SSSR count). The molecule has 0 saturated carbocycles. The van der Waals surface area contributed by atoms with Crippen molar-refractivity contribution in [2.75, 3.05) is 13.1 Å². The molecule has 140 valence electrons. The van der Waals surface area contributed by atoms with Crippen LogP contribution in [0.5, 0.6) is 0 Å². The highest BCUT2D eigenvalue weighted by Gasteiger charge is 2.30. The normalized spacial score (nSPS) is 17.9. The van der Waals surface area contributed by atoms with Crippen molar-refractivity contribution in [1.82, 2.24) is 25.1 Å². The van der Waals surface area contributed by atoms with Gasteiger partial charge in [-0.25, -0.2) is 0 Å². The summed E-state index contributed by atoms with van der Waals surface area (Å²) in [6.45, 7) is 5.47. The van der Waals surface area contributed by atoms with Crippen molar-refractivity contribution in [2.45, 2.75) is 45.2 Å². The first-order valence-corrected chi connectivity index (χ1v) is 9.47. The van der Waals surface area contributed by atoms with Crippen molar-refractivity contribution in [3.63, 3.8) is 0 Å². The number of carbonyl (C=O) groups is 1. The molecule has 2 N–H and O–H groups in total. The first kappa shape index (κ1) is 18.8. The molecule has 2 unspecified atom stereocenters. The van der Waals surface area contributed by atoms with Gasteiger partial charge in [0.1, 0.15) is 0 Å². The van der Waals surface area contributed by atoms with E-state index in [0.717, 1.165) is 31.5 Å². The highest BCUT2D eigenvalue weighted by molar-refractivity contribution is 6.30. The maximum atomic E-state index is 12.9. The number of nitrogens with zero attached hydrogens (tertiary/aromatic N) is 5. The molecule has 0 spiro atoms. The number of carbonyl (C=O) groups excluding carboxylic acids is 1. The lowest BCUT2D eigenvalue weighted by Gasteiger charge is -2.35. The van der Waals surface area contributed by atoms with Gasteiger partial charge in [-0.3, -0.25) is 4.79 Å². The number of likely N-dealkylation sites (tertiary alicyclic amines) is 1. The van der Waals surface area contributed by atoms with Gasteiger partial charge < -0.3 is 10.6 Å². The third-order valence-electron chi connectivity index (χ3n) is 5.08. The molecule has 1 fully saturated rings. The van der Waals surface area contributed by atoms with Gasteiger partial charge in [-0.2, -0.15) is 4.80 Å². The van der Waals surface area contributed by atoms with Crippen LogP contribution in [0.1, 0.15) is 39.2 Å². The van der Waals surface area contributed by atoms with Gasteiger partial charge in [0.05, 0.1) is 0 Å². The van der Waals surface area contributed by atoms with Crippen LogP contribution in [0.25, 0.3) is 11.4 Å². The third-order valence-corrected chi connectivity index (χ3v) is 5.33. The number of nitrogens with two attached hydrogens (primary N) is 1. The van der Waals surface area contributed by atoms with E-state index in [9.17, 15) is 4.79 Å². The minimum Gasteiger partial charge on any atom is -0.341 e. The monoisotopic (exact) mass is 376 g/mol. The van der Waals surface area contributed by atoms with Crippen molar-refractivity contribution in [3.8, 4) is 11.4 Å². The third kappa shape index (κ3) is 4.04. The highest BCUT2D eigenvalue weighted by atomic mass is 35.5. The van der Waals surface area contributed by atoms with E-state index in [4.69, 9.17) is 17.3 Å². The Balaban J connectivity index is 1.71. The molecule has 1 saturated heterocycles. The lowest BCUT2D eigenvalue weighted by atomic mass is 9.90. The van der Waals surface area contributed by atoms with E-state index in [0.29, 0.717) is 23.2 Å². The fourth-order valence-electron chi connectivity index (χ4n) is 3.36. The molecular weight excluding hydrogens is 352 g/mol. The van der Waals surface area contributed by atoms with Crippen molar-refractivity contribution in [2.24, 2.45) is 11.7 Å². The minimum absolute atomic E-state index is 0.0516. The van der Waals surface area contributed by atoms with E-state index in [1.807, 2.05) is 30.9 Å². The summed E-state index contributed by atoms with van der Waals surface area (Å²) < 4.78 is 0. The summed E-state index contributed by atoms with van der Waals surface area (Å²) in [5.41, 5.74) is 6.81. The number of piperidine rings is 1. The largest absolute Gasteiger partial charge is 0.341 e. The van der Waals surface area contributed by atoms with Gasteiger partial charge in [0.15, 0.2) is 6.04 Å². The van der Waals surface area contributed by atoms with Crippen LogP contribution in [0.4, 0.5) is 0 Å². The second-order valence-electron chi connectivity index (χ2n) is 6.89. The van der Waals surface area contributed by atoms with Gasteiger partial charge in [0, 0.05) is 29.7 Å². The van der Waals surface area contributed by atoms with Crippen molar-refractivity contribution in [1.29, 1.82) is 0 Å². The summed E-state index contributed by atoms with van der Waals surface area (Å²) in [6, 6.07) is 6.98. The Hall–Kier alpha value is -1.99. The zero-order valence-electron chi connectivity index (χ0n) is 15.2. The topological polar surface area (TPSA) is 89.9 Å². The zero-order valence-corrected chi connectivity index (χ0v) is 15.9. The Kier molecular flexibility index (Phi) is 5.88. The van der Waals surface area contributed by atoms with Crippen LogP contribution in [0.15, 0.2) is 24.3 Å². The van der Waals surface area contributed by atoms with Gasteiger partial charge >= 0.3 is 0 Å². The molecule has 1 aromatic carbocycles. The summed E-state index contributed by atoms with van der Waals surface area (Å²) in [6.07, 6.45) is 2.50. The van der Waals surface area contributed by atoms with E-state index in [-0.39, 0.29) is 11.9 Å². The number of hydrogen-bond donors (Lipinski definition) is 1. The van der Waals surface area contributed by atoms with Crippen LogP contribution in [0.3, 0.4) is 0 Å². The Morgan fingerprint density at radius 1 is 1.31 bits per heavy atom. The number of halogens is 1. The van der Waals surface area contributed by atoms with Gasteiger partial charge in [-0.15, -0.1) is 10.2 Å². The standard InChI is InChI=1S/C18H25ClN6O/c1-3-16(18(26)24-10-8-13(9-11-24)12(2)20)25-22-17(21-23-25)14-4-6-15(19)7-5-14/h4-7,12-13,16H,3,8-11,20H2,1-2H3. The molecule has 1 aromatic heterocycles. The van der Waals surface area contributed by atoms with Gasteiger partial charge in [-0.05, 0) is 61.6 Å². The van der Waals surface area contributed by atoms with Gasteiger partial charge in [0.25, 0.3) is 0 Å². The Labute approximate surface area is 158 Å². The predicted molar refractivity (Wildman–Crippen MR) is 101 cm³/mol. The summed E-state index contributed by atoms with van der Waals surface area (Å²) in [5, 5.41) is 13.3. The van der Waals surface area contributed by atoms with Crippen LogP contribution in [-0.2, 0) is 4.79 Å². The molecule has 8 heteroatoms. The molecule has 1 amide bonds. The molecule has 0 aliphatic carbocycles. The van der Waals surface area contributed by atoms with E-state index in [2.05, 4.69) is 15.4 Å². The van der Waals surface area contributed by atoms with Crippen LogP contribution in [0, 0.1) is 5.92 Å². The lowest BCUT2D eigenvalue weighted by molar-refractivity contribution is -0.137. The molecule has 0 bridgehead atoms. The maximum Gasteiger partial charge on any atom is 0.249 e. The number of hydrogen-bond acceptors (Lipinski definition) is 5. The van der Waals surface area contributed by atoms with Crippen molar-refractivity contribution in [3.05, 3.63) is 29.3 Å². The predicted octanol–water partition coefficient (Wildman–Crippen LogP) is 2.53. The van der Waals surface area contributed by atoms with Crippen molar-refractivity contribution >= 4 is 17.5 Å². The van der Waals surface area contributed by atoms with Crippen LogP contribution in [0.2, 0.25) is 5.02 Å². The summed E-state index contributed by atoms with van der Waals surface area (Å²) >= 11 is 5.91. The number of tetrazole rings is 1. The smallest absolute Gasteiger partial charge is 0.249 e. The molecule has 0 radical (unpaired) electrons. The number of rotatable bonds is 5. The van der Waals surface area contributed by atoms with E-state index in [1.54, 1.807) is 12.1 Å². The average Bonchev–Trinajstić information content (AvgIpc) is 3.12. The minimum atomic E-state index is -0.435. The molecule has 7 nitrogen and oxygen atoms in total. The molecular formula is C18H25ClN6O. The molecule has 2 atom stereocenters. The molecule has 2 aromatic rings. The Morgan fingerprint density at radius 3 is 2.54 bits per heavy atom. The summed E-state index contributed by atoms with van der Waals surface area (Å²) in [5.74, 6) is 1.03. The van der Waals surface area contributed by atoms with Crippen LogP contribution >= 0.6 is 11.6 Å². The summed E-state index contributed by atoms with van der Waals surface area (Å²) in [4.78, 5) is 16.3. The number of aromatic nitrogens is 4. The van der Waals surface area contributed by atoms with E-state index >= 15 is 0 Å². The van der Waals surface area contributed by atoms with E-state index < -0.39 is 6.04 Å². The Bertz CT molecular complexity index is 736. The maximum absolute atomic E-state index is 12.9. The van der Waals surface area contributed by atoms with Gasteiger partial charge in [-0.1, -0.05) is 18.5 Å². The second-order valence-corrected chi connectivity index (χ2v) is 7.32. The number of benzene rings is 1. The van der Waals surface area contributed by atoms with Crippen LogP contribution in [-0.4, -0.2) is 50.1 Å².